The Morgan fingerprint density at radius 3 is 2.07 bits per heavy atom. The van der Waals surface area contributed by atoms with Crippen molar-refractivity contribution in [3.8, 4) is 0 Å². The lowest BCUT2D eigenvalue weighted by molar-refractivity contribution is -0.142. The number of unbranched alkanes of at least 4 members (excludes halogenated alkanes) is 1. The molecule has 0 aliphatic rings. The molecule has 27 heavy (non-hydrogen) atoms. The number of carboxylic acid groups (broad SMARTS) is 1. The SMILES string of the molecule is CCC(C)C(NC(=O)CN)C(=O)NC(C)C(=O)NC(CCCCN)C(=O)O. The van der Waals surface area contributed by atoms with Gasteiger partial charge in [0, 0.05) is 0 Å². The van der Waals surface area contributed by atoms with Crippen molar-refractivity contribution < 1.29 is 24.3 Å². The third-order valence-electron chi connectivity index (χ3n) is 4.31. The Labute approximate surface area is 159 Å². The molecule has 0 saturated heterocycles. The van der Waals surface area contributed by atoms with E-state index in [1.165, 1.54) is 6.92 Å². The van der Waals surface area contributed by atoms with Crippen molar-refractivity contribution >= 4 is 23.7 Å². The fourth-order valence-electron chi connectivity index (χ4n) is 2.35. The van der Waals surface area contributed by atoms with E-state index in [4.69, 9.17) is 11.5 Å². The van der Waals surface area contributed by atoms with Crippen molar-refractivity contribution in [2.75, 3.05) is 13.1 Å². The van der Waals surface area contributed by atoms with Gasteiger partial charge in [-0.15, -0.1) is 0 Å². The Morgan fingerprint density at radius 2 is 1.59 bits per heavy atom. The van der Waals surface area contributed by atoms with E-state index >= 15 is 0 Å². The molecular weight excluding hydrogens is 354 g/mol. The zero-order valence-electron chi connectivity index (χ0n) is 16.3. The van der Waals surface area contributed by atoms with Crippen LogP contribution in [0.4, 0.5) is 0 Å². The number of hydrogen-bond donors (Lipinski definition) is 6. The molecule has 0 saturated carbocycles. The number of carbonyl (C=O) groups excluding carboxylic acids is 3. The van der Waals surface area contributed by atoms with Crippen molar-refractivity contribution in [2.45, 2.75) is 64.6 Å². The summed E-state index contributed by atoms with van der Waals surface area (Å²) in [6.45, 7) is 5.31. The standard InChI is InChI=1S/C17H33N5O5/c1-4-10(2)14(22-13(23)9-19)16(25)20-11(3)15(24)21-12(17(26)27)7-5-6-8-18/h10-12,14H,4-9,18-19H2,1-3H3,(H,20,25)(H,21,24)(H,22,23)(H,26,27). The molecule has 4 unspecified atom stereocenters. The number of nitrogens with one attached hydrogen (secondary N) is 3. The number of hydrogen-bond acceptors (Lipinski definition) is 6. The summed E-state index contributed by atoms with van der Waals surface area (Å²) in [5, 5.41) is 16.7. The van der Waals surface area contributed by atoms with E-state index < -0.39 is 41.8 Å². The lowest BCUT2D eigenvalue weighted by Gasteiger charge is -2.25. The van der Waals surface area contributed by atoms with Gasteiger partial charge in [0.25, 0.3) is 0 Å². The maximum Gasteiger partial charge on any atom is 0.326 e. The van der Waals surface area contributed by atoms with E-state index in [-0.39, 0.29) is 18.9 Å². The molecule has 0 fully saturated rings. The molecule has 0 heterocycles. The topological polar surface area (TPSA) is 177 Å². The molecule has 0 aliphatic carbocycles. The van der Waals surface area contributed by atoms with Crippen molar-refractivity contribution in [2.24, 2.45) is 17.4 Å². The lowest BCUT2D eigenvalue weighted by Crippen LogP contribution is -2.56. The molecule has 0 aliphatic heterocycles. The van der Waals surface area contributed by atoms with E-state index in [1.54, 1.807) is 6.92 Å². The Morgan fingerprint density at radius 1 is 0.963 bits per heavy atom. The zero-order valence-corrected chi connectivity index (χ0v) is 16.3. The molecular formula is C17H33N5O5. The van der Waals surface area contributed by atoms with Gasteiger partial charge in [0.2, 0.25) is 17.7 Å². The number of amides is 3. The van der Waals surface area contributed by atoms with Crippen LogP contribution in [-0.4, -0.2) is 60.0 Å². The highest BCUT2D eigenvalue weighted by Crippen LogP contribution is 2.08. The smallest absolute Gasteiger partial charge is 0.326 e. The van der Waals surface area contributed by atoms with Gasteiger partial charge in [-0.25, -0.2) is 4.79 Å². The van der Waals surface area contributed by atoms with Gasteiger partial charge < -0.3 is 32.5 Å². The van der Waals surface area contributed by atoms with E-state index in [9.17, 15) is 24.3 Å². The first-order valence-electron chi connectivity index (χ1n) is 9.20. The number of aliphatic carboxylic acids is 1. The number of carbonyl (C=O) groups is 4. The monoisotopic (exact) mass is 387 g/mol. The average Bonchev–Trinajstić information content (AvgIpc) is 2.63. The van der Waals surface area contributed by atoms with Crippen LogP contribution in [0.2, 0.25) is 0 Å². The van der Waals surface area contributed by atoms with Crippen molar-refractivity contribution in [1.82, 2.24) is 16.0 Å². The first-order chi connectivity index (χ1) is 12.7. The highest BCUT2D eigenvalue weighted by atomic mass is 16.4. The zero-order chi connectivity index (χ0) is 21.0. The summed E-state index contributed by atoms with van der Waals surface area (Å²) in [4.78, 5) is 47.5. The Kier molecular flexibility index (Phi) is 12.0. The highest BCUT2D eigenvalue weighted by Gasteiger charge is 2.29. The third kappa shape index (κ3) is 9.34. The van der Waals surface area contributed by atoms with Crippen LogP contribution in [0, 0.1) is 5.92 Å². The fourth-order valence-corrected chi connectivity index (χ4v) is 2.35. The second kappa shape index (κ2) is 13.0. The molecule has 0 rings (SSSR count). The summed E-state index contributed by atoms with van der Waals surface area (Å²) in [5.74, 6) is -2.93. The van der Waals surface area contributed by atoms with Gasteiger partial charge >= 0.3 is 5.97 Å². The minimum Gasteiger partial charge on any atom is -0.480 e. The molecule has 10 heteroatoms. The minimum atomic E-state index is -1.15. The Bertz CT molecular complexity index is 514. The predicted molar refractivity (Wildman–Crippen MR) is 101 cm³/mol. The summed E-state index contributed by atoms with van der Waals surface area (Å²) < 4.78 is 0. The molecule has 0 aromatic carbocycles. The van der Waals surface area contributed by atoms with Crippen LogP contribution < -0.4 is 27.4 Å². The van der Waals surface area contributed by atoms with Crippen molar-refractivity contribution in [1.29, 1.82) is 0 Å². The first kappa shape index (κ1) is 24.8. The van der Waals surface area contributed by atoms with Crippen LogP contribution in [0.1, 0.15) is 46.5 Å². The van der Waals surface area contributed by atoms with Crippen LogP contribution in [0.5, 0.6) is 0 Å². The molecule has 156 valence electrons. The summed E-state index contributed by atoms with van der Waals surface area (Å²) in [6, 6.07) is -2.85. The maximum atomic E-state index is 12.5. The molecule has 10 nitrogen and oxygen atoms in total. The van der Waals surface area contributed by atoms with Crippen LogP contribution in [-0.2, 0) is 19.2 Å². The summed E-state index contributed by atoms with van der Waals surface area (Å²) in [7, 11) is 0. The Balaban J connectivity index is 4.86. The molecule has 8 N–H and O–H groups in total. The highest BCUT2D eigenvalue weighted by molar-refractivity contribution is 5.93. The molecule has 0 bridgehead atoms. The van der Waals surface area contributed by atoms with E-state index in [1.807, 2.05) is 6.92 Å². The van der Waals surface area contributed by atoms with E-state index in [0.717, 1.165) is 0 Å². The quantitative estimate of drug-likeness (QED) is 0.212. The number of nitrogens with two attached hydrogens (primary N) is 2. The van der Waals surface area contributed by atoms with Gasteiger partial charge in [-0.1, -0.05) is 20.3 Å². The summed E-state index contributed by atoms with van der Waals surface area (Å²) in [5.41, 5.74) is 10.7. The van der Waals surface area contributed by atoms with Crippen LogP contribution in [0.3, 0.4) is 0 Å². The van der Waals surface area contributed by atoms with Crippen LogP contribution >= 0.6 is 0 Å². The average molecular weight is 387 g/mol. The Hall–Kier alpha value is -2.20. The molecule has 0 aromatic heterocycles. The number of rotatable bonds is 13. The van der Waals surface area contributed by atoms with Gasteiger partial charge in [0.15, 0.2) is 0 Å². The largest absolute Gasteiger partial charge is 0.480 e. The van der Waals surface area contributed by atoms with Gasteiger partial charge in [-0.2, -0.15) is 0 Å². The van der Waals surface area contributed by atoms with Crippen molar-refractivity contribution in [3.05, 3.63) is 0 Å². The van der Waals surface area contributed by atoms with E-state index in [0.29, 0.717) is 25.8 Å². The first-order valence-corrected chi connectivity index (χ1v) is 9.20. The van der Waals surface area contributed by atoms with Crippen LogP contribution in [0.25, 0.3) is 0 Å². The molecule has 0 spiro atoms. The molecule has 0 aromatic rings. The normalized spacial score (nSPS) is 15.1. The van der Waals surface area contributed by atoms with Gasteiger partial charge in [-0.05, 0) is 38.6 Å². The van der Waals surface area contributed by atoms with Crippen molar-refractivity contribution in [3.63, 3.8) is 0 Å². The van der Waals surface area contributed by atoms with Crippen LogP contribution in [0.15, 0.2) is 0 Å². The minimum absolute atomic E-state index is 0.168. The number of carboxylic acids is 1. The molecule has 0 radical (unpaired) electrons. The second-order valence-corrected chi connectivity index (χ2v) is 6.55. The summed E-state index contributed by atoms with van der Waals surface area (Å²) >= 11 is 0. The van der Waals surface area contributed by atoms with Gasteiger partial charge in [0.05, 0.1) is 6.54 Å². The molecule has 4 atom stereocenters. The lowest BCUT2D eigenvalue weighted by atomic mass is 9.98. The van der Waals surface area contributed by atoms with E-state index in [2.05, 4.69) is 16.0 Å². The fraction of sp³-hybridized carbons (Fsp3) is 0.765. The van der Waals surface area contributed by atoms with Gasteiger partial charge in [-0.3, -0.25) is 14.4 Å². The summed E-state index contributed by atoms with van der Waals surface area (Å²) in [6.07, 6.45) is 2.10. The third-order valence-corrected chi connectivity index (χ3v) is 4.31. The molecule has 3 amide bonds. The predicted octanol–water partition coefficient (Wildman–Crippen LogP) is -1.32. The van der Waals surface area contributed by atoms with Gasteiger partial charge in [0.1, 0.15) is 18.1 Å². The maximum absolute atomic E-state index is 12.5. The second-order valence-electron chi connectivity index (χ2n) is 6.55.